The van der Waals surface area contributed by atoms with Crippen molar-refractivity contribution in [1.29, 1.82) is 0 Å². The average molecular weight is 476 g/mol. The Bertz CT molecular complexity index is 1230. The molecule has 0 spiro atoms. The van der Waals surface area contributed by atoms with Crippen molar-refractivity contribution in [3.8, 4) is 5.75 Å². The number of nitrogens with one attached hydrogen (secondary N) is 1. The number of nitro groups is 1. The highest BCUT2D eigenvalue weighted by molar-refractivity contribution is 7.92. The maximum absolute atomic E-state index is 13.4. The van der Waals surface area contributed by atoms with Crippen molar-refractivity contribution in [1.82, 2.24) is 0 Å². The first-order chi connectivity index (χ1) is 15.2. The van der Waals surface area contributed by atoms with Gasteiger partial charge in [0.25, 0.3) is 15.7 Å². The Balaban J connectivity index is 2.01. The molecule has 0 bridgehead atoms. The summed E-state index contributed by atoms with van der Waals surface area (Å²) in [4.78, 5) is 22.7. The average Bonchev–Trinajstić information content (AvgIpc) is 2.78. The lowest BCUT2D eigenvalue weighted by Crippen LogP contribution is -2.38. The maximum atomic E-state index is 13.4. The SMILES string of the molecule is COc1ccc(N(CC(=O)Nc2ccccc2)S(=O)(=O)c2ccc(Cl)c([N+](=O)[O-])c2)cc1. The van der Waals surface area contributed by atoms with Crippen molar-refractivity contribution in [2.24, 2.45) is 0 Å². The van der Waals surface area contributed by atoms with Crippen LogP contribution in [0.3, 0.4) is 0 Å². The zero-order chi connectivity index (χ0) is 23.3. The van der Waals surface area contributed by atoms with Crippen LogP contribution >= 0.6 is 11.6 Å². The van der Waals surface area contributed by atoms with E-state index in [2.05, 4.69) is 5.32 Å². The number of benzene rings is 3. The van der Waals surface area contributed by atoms with Crippen LogP contribution in [0.4, 0.5) is 17.1 Å². The minimum atomic E-state index is -4.37. The summed E-state index contributed by atoms with van der Waals surface area (Å²) in [6.07, 6.45) is 0. The van der Waals surface area contributed by atoms with Gasteiger partial charge in [-0.15, -0.1) is 0 Å². The van der Waals surface area contributed by atoms with Crippen LogP contribution in [0.25, 0.3) is 0 Å². The molecular formula is C21H18ClN3O6S. The van der Waals surface area contributed by atoms with E-state index in [1.807, 2.05) is 0 Å². The van der Waals surface area contributed by atoms with Crippen LogP contribution in [0.1, 0.15) is 0 Å². The fraction of sp³-hybridized carbons (Fsp3) is 0.0952. The molecule has 0 aromatic heterocycles. The van der Waals surface area contributed by atoms with E-state index in [-0.39, 0.29) is 15.6 Å². The van der Waals surface area contributed by atoms with Crippen molar-refractivity contribution in [3.63, 3.8) is 0 Å². The third-order valence-electron chi connectivity index (χ3n) is 4.41. The van der Waals surface area contributed by atoms with Gasteiger partial charge in [-0.2, -0.15) is 0 Å². The van der Waals surface area contributed by atoms with E-state index in [1.165, 1.54) is 31.4 Å². The molecule has 0 fully saturated rings. The number of anilines is 2. The molecule has 3 rings (SSSR count). The molecule has 0 unspecified atom stereocenters. The quantitative estimate of drug-likeness (QED) is 0.387. The normalized spacial score (nSPS) is 10.9. The number of sulfonamides is 1. The van der Waals surface area contributed by atoms with E-state index in [0.29, 0.717) is 11.4 Å². The van der Waals surface area contributed by atoms with Gasteiger partial charge in [-0.25, -0.2) is 8.42 Å². The number of carbonyl (C=O) groups excluding carboxylic acids is 1. The highest BCUT2D eigenvalue weighted by Crippen LogP contribution is 2.31. The summed E-state index contributed by atoms with van der Waals surface area (Å²) in [5.74, 6) is -0.110. The molecule has 3 aromatic rings. The molecule has 166 valence electrons. The molecule has 3 aromatic carbocycles. The third-order valence-corrected chi connectivity index (χ3v) is 6.50. The number of nitro benzene ring substituents is 1. The lowest BCUT2D eigenvalue weighted by Gasteiger charge is -2.24. The lowest BCUT2D eigenvalue weighted by molar-refractivity contribution is -0.384. The van der Waals surface area contributed by atoms with E-state index in [9.17, 15) is 23.3 Å². The van der Waals surface area contributed by atoms with E-state index in [0.717, 1.165) is 22.5 Å². The number of carbonyl (C=O) groups is 1. The van der Waals surface area contributed by atoms with Crippen molar-refractivity contribution >= 4 is 44.6 Å². The number of hydrogen-bond donors (Lipinski definition) is 1. The van der Waals surface area contributed by atoms with Gasteiger partial charge in [0.2, 0.25) is 5.91 Å². The molecule has 1 amide bonds. The summed E-state index contributed by atoms with van der Waals surface area (Å²) >= 11 is 5.82. The fourth-order valence-corrected chi connectivity index (χ4v) is 4.46. The van der Waals surface area contributed by atoms with E-state index < -0.39 is 33.1 Å². The van der Waals surface area contributed by atoms with Gasteiger partial charge in [-0.05, 0) is 48.5 Å². The van der Waals surface area contributed by atoms with Gasteiger partial charge in [-0.3, -0.25) is 19.2 Å². The monoisotopic (exact) mass is 475 g/mol. The van der Waals surface area contributed by atoms with Gasteiger partial charge >= 0.3 is 0 Å². The minimum absolute atomic E-state index is 0.173. The standard InChI is InChI=1S/C21H18ClN3O6S/c1-31-17-9-7-16(8-10-17)24(14-21(26)23-15-5-3-2-4-6-15)32(29,30)18-11-12-19(22)20(13-18)25(27)28/h2-13H,14H2,1H3,(H,23,26). The van der Waals surface area contributed by atoms with E-state index in [4.69, 9.17) is 16.3 Å². The minimum Gasteiger partial charge on any atom is -0.497 e. The first-order valence-corrected chi connectivity index (χ1v) is 11.0. The number of para-hydroxylation sites is 1. The first kappa shape index (κ1) is 23.0. The molecule has 0 radical (unpaired) electrons. The third kappa shape index (κ3) is 5.16. The second-order valence-corrected chi connectivity index (χ2v) is 8.76. The highest BCUT2D eigenvalue weighted by atomic mass is 35.5. The molecule has 11 heteroatoms. The van der Waals surface area contributed by atoms with Crippen molar-refractivity contribution in [2.75, 3.05) is 23.3 Å². The summed E-state index contributed by atoms with van der Waals surface area (Å²) in [6.45, 7) is -0.569. The first-order valence-electron chi connectivity index (χ1n) is 9.18. The largest absolute Gasteiger partial charge is 0.497 e. The van der Waals surface area contributed by atoms with Crippen LogP contribution in [0, 0.1) is 10.1 Å². The Labute approximate surface area is 189 Å². The second-order valence-electron chi connectivity index (χ2n) is 6.49. The van der Waals surface area contributed by atoms with Crippen LogP contribution in [-0.4, -0.2) is 32.9 Å². The Morgan fingerprint density at radius 1 is 1.09 bits per heavy atom. The number of hydrogen-bond acceptors (Lipinski definition) is 6. The molecular weight excluding hydrogens is 458 g/mol. The number of methoxy groups -OCH3 is 1. The summed E-state index contributed by atoms with van der Waals surface area (Å²) < 4.78 is 32.8. The molecule has 9 nitrogen and oxygen atoms in total. The molecule has 0 aliphatic heterocycles. The molecule has 0 heterocycles. The topological polar surface area (TPSA) is 119 Å². The molecule has 0 saturated heterocycles. The Morgan fingerprint density at radius 2 is 1.75 bits per heavy atom. The van der Waals surface area contributed by atoms with Crippen LogP contribution in [0.15, 0.2) is 77.7 Å². The van der Waals surface area contributed by atoms with Crippen molar-refractivity contribution in [3.05, 3.63) is 87.9 Å². The van der Waals surface area contributed by atoms with Crippen LogP contribution in [-0.2, 0) is 14.8 Å². The van der Waals surface area contributed by atoms with E-state index >= 15 is 0 Å². The van der Waals surface area contributed by atoms with Crippen LogP contribution in [0.5, 0.6) is 5.75 Å². The smallest absolute Gasteiger partial charge is 0.289 e. The van der Waals surface area contributed by atoms with Gasteiger partial charge in [0.1, 0.15) is 17.3 Å². The van der Waals surface area contributed by atoms with Crippen LogP contribution < -0.4 is 14.4 Å². The van der Waals surface area contributed by atoms with Crippen molar-refractivity contribution < 1.29 is 22.9 Å². The van der Waals surface area contributed by atoms with Gasteiger partial charge in [0, 0.05) is 11.8 Å². The zero-order valence-electron chi connectivity index (χ0n) is 16.8. The highest BCUT2D eigenvalue weighted by Gasteiger charge is 2.29. The Kier molecular flexibility index (Phi) is 6.96. The van der Waals surface area contributed by atoms with E-state index in [1.54, 1.807) is 30.3 Å². The molecule has 0 aliphatic carbocycles. The number of amides is 1. The summed E-state index contributed by atoms with van der Waals surface area (Å²) in [7, 11) is -2.90. The zero-order valence-corrected chi connectivity index (χ0v) is 18.3. The predicted molar refractivity (Wildman–Crippen MR) is 121 cm³/mol. The summed E-state index contributed by atoms with van der Waals surface area (Å²) in [6, 6.07) is 17.7. The van der Waals surface area contributed by atoms with Crippen LogP contribution in [0.2, 0.25) is 5.02 Å². The Hall–Kier alpha value is -3.63. The van der Waals surface area contributed by atoms with Gasteiger partial charge in [0.15, 0.2) is 0 Å². The van der Waals surface area contributed by atoms with Gasteiger partial charge < -0.3 is 10.1 Å². The van der Waals surface area contributed by atoms with Crippen molar-refractivity contribution in [2.45, 2.75) is 4.90 Å². The number of rotatable bonds is 8. The predicted octanol–water partition coefficient (Wildman–Crippen LogP) is 4.09. The number of nitrogens with zero attached hydrogens (tertiary/aromatic N) is 2. The number of ether oxygens (including phenoxy) is 1. The second kappa shape index (κ2) is 9.67. The summed E-state index contributed by atoms with van der Waals surface area (Å²) in [5.41, 5.74) is 0.106. The van der Waals surface area contributed by atoms with Gasteiger partial charge in [0.05, 0.1) is 22.6 Å². The van der Waals surface area contributed by atoms with Gasteiger partial charge in [-0.1, -0.05) is 29.8 Å². The Morgan fingerprint density at radius 3 is 2.34 bits per heavy atom. The molecule has 0 saturated carbocycles. The molecule has 0 aliphatic rings. The lowest BCUT2D eigenvalue weighted by atomic mass is 10.3. The number of halogens is 1. The molecule has 32 heavy (non-hydrogen) atoms. The molecule has 1 N–H and O–H groups in total. The fourth-order valence-electron chi connectivity index (χ4n) is 2.84. The maximum Gasteiger partial charge on any atom is 0.289 e. The summed E-state index contributed by atoms with van der Waals surface area (Å²) in [5, 5.41) is 13.7. The molecule has 0 atom stereocenters.